The van der Waals surface area contributed by atoms with Crippen molar-refractivity contribution in [1.82, 2.24) is 0 Å². The molecule has 1 aliphatic heterocycles. The summed E-state index contributed by atoms with van der Waals surface area (Å²) in [5.41, 5.74) is 3.02. The first-order chi connectivity index (χ1) is 9.89. The lowest BCUT2D eigenvalue weighted by molar-refractivity contribution is 0.588. The van der Waals surface area contributed by atoms with E-state index in [4.69, 9.17) is 11.6 Å². The fourth-order valence-electron chi connectivity index (χ4n) is 2.50. The van der Waals surface area contributed by atoms with Gasteiger partial charge in [-0.2, -0.15) is 0 Å². The predicted octanol–water partition coefficient (Wildman–Crippen LogP) is 4.61. The van der Waals surface area contributed by atoms with Gasteiger partial charge in [0.2, 0.25) is 0 Å². The van der Waals surface area contributed by atoms with Crippen LogP contribution in [0, 0.1) is 6.92 Å². The highest BCUT2D eigenvalue weighted by atomic mass is 79.9. The van der Waals surface area contributed by atoms with Crippen LogP contribution in [0.5, 0.6) is 0 Å². The molecular weight excluding hydrogens is 394 g/mol. The Kier molecular flexibility index (Phi) is 4.07. The van der Waals surface area contributed by atoms with Gasteiger partial charge in [0.05, 0.1) is 14.5 Å². The molecule has 7 heteroatoms. The second-order valence-electron chi connectivity index (χ2n) is 5.00. The Balaban J connectivity index is 2.09. The van der Waals surface area contributed by atoms with Crippen molar-refractivity contribution in [3.05, 3.63) is 44.2 Å². The van der Waals surface area contributed by atoms with Crippen LogP contribution < -0.4 is 4.31 Å². The number of thiophene rings is 1. The van der Waals surface area contributed by atoms with Crippen LogP contribution in [0.1, 0.15) is 17.5 Å². The highest BCUT2D eigenvalue weighted by molar-refractivity contribution is 9.11. The summed E-state index contributed by atoms with van der Waals surface area (Å²) < 4.78 is 28.1. The zero-order valence-electron chi connectivity index (χ0n) is 11.3. The molecule has 0 amide bonds. The number of fused-ring (bicyclic) bond motifs is 1. The minimum absolute atomic E-state index is 0.271. The Morgan fingerprint density at radius 1 is 1.33 bits per heavy atom. The van der Waals surface area contributed by atoms with Gasteiger partial charge >= 0.3 is 0 Å². The number of aryl methyl sites for hydroxylation is 2. The quantitative estimate of drug-likeness (QED) is 0.730. The number of halogens is 2. The molecule has 3 rings (SSSR count). The van der Waals surface area contributed by atoms with E-state index in [9.17, 15) is 8.42 Å². The summed E-state index contributed by atoms with van der Waals surface area (Å²) in [6.45, 7) is 2.52. The van der Waals surface area contributed by atoms with Crippen molar-refractivity contribution in [2.45, 2.75) is 24.0 Å². The molecule has 112 valence electrons. The lowest BCUT2D eigenvalue weighted by atomic mass is 10.0. The van der Waals surface area contributed by atoms with Crippen LogP contribution in [0.4, 0.5) is 5.69 Å². The van der Waals surface area contributed by atoms with Gasteiger partial charge in [-0.05, 0) is 53.4 Å². The molecule has 0 atom stereocenters. The minimum Gasteiger partial charge on any atom is -0.265 e. The van der Waals surface area contributed by atoms with Gasteiger partial charge in [0.15, 0.2) is 0 Å². The van der Waals surface area contributed by atoms with E-state index in [1.54, 1.807) is 0 Å². The Morgan fingerprint density at radius 3 is 2.76 bits per heavy atom. The summed E-state index contributed by atoms with van der Waals surface area (Å²) in [6.07, 6.45) is 1.74. The van der Waals surface area contributed by atoms with E-state index < -0.39 is 10.0 Å². The standard InChI is InChI=1S/C14H13BrClNO2S2/c1-9-4-5-12-10(7-9)3-2-6-17(12)21(18,19)13-8-11(16)14(15)20-13/h4-5,7-8H,2-3,6H2,1H3. The summed E-state index contributed by atoms with van der Waals surface area (Å²) in [5, 5.41) is 0.430. The number of nitrogens with zero attached hydrogens (tertiary/aromatic N) is 1. The van der Waals surface area contributed by atoms with Crippen molar-refractivity contribution in [3.63, 3.8) is 0 Å². The predicted molar refractivity (Wildman–Crippen MR) is 91.1 cm³/mol. The number of sulfonamides is 1. The van der Waals surface area contributed by atoms with E-state index in [1.807, 2.05) is 19.1 Å². The molecule has 0 saturated carbocycles. The maximum absolute atomic E-state index is 12.9. The molecule has 1 aliphatic rings. The van der Waals surface area contributed by atoms with E-state index in [2.05, 4.69) is 22.0 Å². The average Bonchev–Trinajstić information content (AvgIpc) is 2.78. The number of rotatable bonds is 2. The van der Waals surface area contributed by atoms with Gasteiger partial charge < -0.3 is 0 Å². The lowest BCUT2D eigenvalue weighted by Gasteiger charge is -2.30. The van der Waals surface area contributed by atoms with Crippen LogP contribution in [-0.2, 0) is 16.4 Å². The van der Waals surface area contributed by atoms with Crippen LogP contribution in [0.15, 0.2) is 32.3 Å². The number of anilines is 1. The lowest BCUT2D eigenvalue weighted by Crippen LogP contribution is -2.35. The molecule has 0 N–H and O–H groups in total. The van der Waals surface area contributed by atoms with E-state index in [-0.39, 0.29) is 4.21 Å². The SMILES string of the molecule is Cc1ccc2c(c1)CCCN2S(=O)(=O)c1cc(Cl)c(Br)s1. The van der Waals surface area contributed by atoms with E-state index in [0.717, 1.165) is 41.0 Å². The zero-order valence-corrected chi connectivity index (χ0v) is 15.2. The molecule has 2 heterocycles. The van der Waals surface area contributed by atoms with Gasteiger partial charge in [0.1, 0.15) is 4.21 Å². The van der Waals surface area contributed by atoms with Gasteiger partial charge in [-0.1, -0.05) is 29.3 Å². The molecule has 0 aliphatic carbocycles. The van der Waals surface area contributed by atoms with Gasteiger partial charge in [0, 0.05) is 6.54 Å². The number of hydrogen-bond acceptors (Lipinski definition) is 3. The maximum atomic E-state index is 12.9. The molecule has 0 unspecified atom stereocenters. The van der Waals surface area contributed by atoms with Gasteiger partial charge in [-0.3, -0.25) is 4.31 Å². The molecule has 1 aromatic carbocycles. The van der Waals surface area contributed by atoms with E-state index in [0.29, 0.717) is 15.4 Å². The molecule has 0 saturated heterocycles. The second-order valence-corrected chi connectivity index (χ2v) is 9.87. The molecule has 2 aromatic rings. The first kappa shape index (κ1) is 15.3. The summed E-state index contributed by atoms with van der Waals surface area (Å²) in [7, 11) is -3.55. The third-order valence-corrected chi connectivity index (χ3v) is 8.22. The van der Waals surface area contributed by atoms with Gasteiger partial charge in [0.25, 0.3) is 10.0 Å². The van der Waals surface area contributed by atoms with Gasteiger partial charge in [-0.25, -0.2) is 8.42 Å². The molecule has 0 spiro atoms. The van der Waals surface area contributed by atoms with Crippen LogP contribution in [0.2, 0.25) is 5.02 Å². The topological polar surface area (TPSA) is 37.4 Å². The zero-order chi connectivity index (χ0) is 15.2. The fourth-order valence-corrected chi connectivity index (χ4v) is 6.56. The minimum atomic E-state index is -3.55. The molecule has 0 bridgehead atoms. The monoisotopic (exact) mass is 405 g/mol. The largest absolute Gasteiger partial charge is 0.273 e. The summed E-state index contributed by atoms with van der Waals surface area (Å²) >= 11 is 10.4. The third kappa shape index (κ3) is 2.74. The Hall–Kier alpha value is -0.560. The molecule has 1 aromatic heterocycles. The highest BCUT2D eigenvalue weighted by Gasteiger charge is 2.30. The van der Waals surface area contributed by atoms with Crippen molar-refractivity contribution in [2.24, 2.45) is 0 Å². The Bertz CT molecular complexity index is 782. The van der Waals surface area contributed by atoms with E-state index in [1.165, 1.54) is 10.4 Å². The van der Waals surface area contributed by atoms with Crippen molar-refractivity contribution in [1.29, 1.82) is 0 Å². The normalized spacial score (nSPS) is 15.1. The summed E-state index contributed by atoms with van der Waals surface area (Å²) in [6, 6.07) is 7.41. The molecule has 21 heavy (non-hydrogen) atoms. The molecular formula is C14H13BrClNO2S2. The van der Waals surface area contributed by atoms with Crippen LogP contribution in [-0.4, -0.2) is 15.0 Å². The van der Waals surface area contributed by atoms with Crippen molar-refractivity contribution < 1.29 is 8.42 Å². The second kappa shape index (κ2) is 5.57. The van der Waals surface area contributed by atoms with Crippen LogP contribution >= 0.6 is 38.9 Å². The summed E-state index contributed by atoms with van der Waals surface area (Å²) in [5.74, 6) is 0. The fraction of sp³-hybridized carbons (Fsp3) is 0.286. The third-order valence-electron chi connectivity index (χ3n) is 3.48. The average molecular weight is 407 g/mol. The first-order valence-corrected chi connectivity index (χ1v) is 9.89. The van der Waals surface area contributed by atoms with Crippen LogP contribution in [0.3, 0.4) is 0 Å². The number of benzene rings is 1. The summed E-state index contributed by atoms with van der Waals surface area (Å²) in [4.78, 5) is 0. The van der Waals surface area contributed by atoms with Crippen molar-refractivity contribution in [3.8, 4) is 0 Å². The first-order valence-electron chi connectivity index (χ1n) is 6.47. The maximum Gasteiger partial charge on any atom is 0.273 e. The van der Waals surface area contributed by atoms with Crippen molar-refractivity contribution in [2.75, 3.05) is 10.8 Å². The van der Waals surface area contributed by atoms with Crippen LogP contribution in [0.25, 0.3) is 0 Å². The molecule has 0 fully saturated rings. The van der Waals surface area contributed by atoms with Gasteiger partial charge in [-0.15, -0.1) is 11.3 Å². The smallest absolute Gasteiger partial charge is 0.265 e. The molecule has 0 radical (unpaired) electrons. The molecule has 3 nitrogen and oxygen atoms in total. The number of hydrogen-bond donors (Lipinski definition) is 0. The van der Waals surface area contributed by atoms with E-state index >= 15 is 0 Å². The van der Waals surface area contributed by atoms with Crippen molar-refractivity contribution >= 4 is 54.6 Å². The highest BCUT2D eigenvalue weighted by Crippen LogP contribution is 2.39. The Labute approximate surface area is 141 Å². The Morgan fingerprint density at radius 2 is 2.10 bits per heavy atom.